The third kappa shape index (κ3) is 2.60. The number of nitrogens with one attached hydrogen (secondary N) is 2. The van der Waals surface area contributed by atoms with Gasteiger partial charge in [-0.1, -0.05) is 29.8 Å². The minimum absolute atomic E-state index is 0.216. The Hall–Kier alpha value is -2.07. The molecule has 0 atom stereocenters. The molecule has 5 heteroatoms. The van der Waals surface area contributed by atoms with Crippen molar-refractivity contribution in [2.75, 3.05) is 0 Å². The van der Waals surface area contributed by atoms with Gasteiger partial charge in [0.05, 0.1) is 0 Å². The van der Waals surface area contributed by atoms with Gasteiger partial charge in [0.25, 0.3) is 11.1 Å². The van der Waals surface area contributed by atoms with Crippen LogP contribution in [-0.4, -0.2) is 9.97 Å². The Bertz CT molecular complexity index is 785. The van der Waals surface area contributed by atoms with E-state index in [0.29, 0.717) is 5.02 Å². The molecule has 92 valence electrons. The van der Waals surface area contributed by atoms with E-state index in [1.807, 2.05) is 0 Å². The molecule has 4 nitrogen and oxygen atoms in total. The van der Waals surface area contributed by atoms with Crippen molar-refractivity contribution in [3.05, 3.63) is 66.3 Å². The van der Waals surface area contributed by atoms with Crippen LogP contribution in [0.15, 0.2) is 33.9 Å². The number of H-pyrrole nitrogens is 2. The second-order valence-corrected chi connectivity index (χ2v) is 4.16. The van der Waals surface area contributed by atoms with Gasteiger partial charge in [0, 0.05) is 5.02 Å². The SMILES string of the molecule is C/C=c1\[nH]c(=O)/c(=C/c2ccc(Cl)cc2)[nH]c1=O. The van der Waals surface area contributed by atoms with Crippen molar-refractivity contribution >= 4 is 23.8 Å². The Balaban J connectivity index is 2.66. The molecular weight excluding hydrogens is 252 g/mol. The van der Waals surface area contributed by atoms with Gasteiger partial charge < -0.3 is 9.97 Å². The average molecular weight is 263 g/mol. The van der Waals surface area contributed by atoms with Crippen LogP contribution in [0.4, 0.5) is 0 Å². The number of aromatic amines is 2. The highest BCUT2D eigenvalue weighted by atomic mass is 35.5. The lowest BCUT2D eigenvalue weighted by atomic mass is 10.2. The number of halogens is 1. The quantitative estimate of drug-likeness (QED) is 0.779. The fourth-order valence-electron chi connectivity index (χ4n) is 1.52. The zero-order valence-electron chi connectivity index (χ0n) is 9.66. The van der Waals surface area contributed by atoms with Crippen molar-refractivity contribution in [1.29, 1.82) is 0 Å². The molecule has 0 amide bonds. The summed E-state index contributed by atoms with van der Waals surface area (Å²) in [6.45, 7) is 1.68. The lowest BCUT2D eigenvalue weighted by Gasteiger charge is -1.93. The van der Waals surface area contributed by atoms with Crippen LogP contribution in [0.5, 0.6) is 0 Å². The van der Waals surface area contributed by atoms with Gasteiger partial charge in [0.2, 0.25) is 0 Å². The van der Waals surface area contributed by atoms with Crippen molar-refractivity contribution < 1.29 is 0 Å². The normalized spacial score (nSPS) is 13.0. The smallest absolute Gasteiger partial charge is 0.272 e. The summed E-state index contributed by atoms with van der Waals surface area (Å²) in [6.07, 6.45) is 3.14. The first kappa shape index (κ1) is 12.4. The van der Waals surface area contributed by atoms with Gasteiger partial charge in [-0.25, -0.2) is 0 Å². The molecule has 0 spiro atoms. The molecule has 0 aliphatic rings. The van der Waals surface area contributed by atoms with Crippen molar-refractivity contribution in [1.82, 2.24) is 9.97 Å². The molecule has 1 aromatic carbocycles. The lowest BCUT2D eigenvalue weighted by Crippen LogP contribution is -2.46. The predicted octanol–water partition coefficient (Wildman–Crippen LogP) is 0.346. The van der Waals surface area contributed by atoms with Crippen LogP contribution < -0.4 is 21.8 Å². The van der Waals surface area contributed by atoms with Gasteiger partial charge >= 0.3 is 0 Å². The first-order chi connectivity index (χ1) is 8.60. The van der Waals surface area contributed by atoms with Gasteiger partial charge in [-0.05, 0) is 30.7 Å². The highest BCUT2D eigenvalue weighted by Crippen LogP contribution is 2.09. The number of hydrogen-bond donors (Lipinski definition) is 2. The minimum Gasteiger partial charge on any atom is -0.316 e. The maximum atomic E-state index is 11.7. The summed E-state index contributed by atoms with van der Waals surface area (Å²) in [6, 6.07) is 6.96. The molecule has 0 saturated heterocycles. The van der Waals surface area contributed by atoms with Gasteiger partial charge in [-0.2, -0.15) is 0 Å². The van der Waals surface area contributed by atoms with Crippen LogP contribution in [0.3, 0.4) is 0 Å². The molecule has 1 heterocycles. The van der Waals surface area contributed by atoms with E-state index in [2.05, 4.69) is 9.97 Å². The predicted molar refractivity (Wildman–Crippen MR) is 72.1 cm³/mol. The van der Waals surface area contributed by atoms with Crippen LogP contribution in [0.2, 0.25) is 5.02 Å². The monoisotopic (exact) mass is 262 g/mol. The lowest BCUT2D eigenvalue weighted by molar-refractivity contribution is 1.00. The van der Waals surface area contributed by atoms with Crippen LogP contribution in [0.1, 0.15) is 12.5 Å². The Morgan fingerprint density at radius 2 is 1.56 bits per heavy atom. The molecule has 2 aromatic rings. The number of rotatable bonds is 1. The van der Waals surface area contributed by atoms with E-state index < -0.39 is 0 Å². The Morgan fingerprint density at radius 1 is 1.00 bits per heavy atom. The van der Waals surface area contributed by atoms with Crippen LogP contribution >= 0.6 is 11.6 Å². The van der Waals surface area contributed by atoms with Crippen molar-refractivity contribution in [2.45, 2.75) is 6.92 Å². The summed E-state index contributed by atoms with van der Waals surface area (Å²) in [5.74, 6) is 0. The maximum absolute atomic E-state index is 11.7. The summed E-state index contributed by atoms with van der Waals surface area (Å²) < 4.78 is 0. The molecule has 0 aliphatic heterocycles. The van der Waals surface area contributed by atoms with E-state index in [1.54, 1.807) is 43.3 Å². The summed E-state index contributed by atoms with van der Waals surface area (Å²) in [5.41, 5.74) is 0.128. The Labute approximate surface area is 107 Å². The van der Waals surface area contributed by atoms with Gasteiger partial charge in [0.15, 0.2) is 0 Å². The van der Waals surface area contributed by atoms with E-state index in [4.69, 9.17) is 11.6 Å². The number of hydrogen-bond acceptors (Lipinski definition) is 2. The van der Waals surface area contributed by atoms with Gasteiger partial charge in [-0.3, -0.25) is 9.59 Å². The fraction of sp³-hybridized carbons (Fsp3) is 0.0769. The van der Waals surface area contributed by atoms with E-state index in [1.165, 1.54) is 0 Å². The zero-order valence-corrected chi connectivity index (χ0v) is 10.4. The van der Waals surface area contributed by atoms with Crippen LogP contribution in [0.25, 0.3) is 12.2 Å². The third-order valence-electron chi connectivity index (χ3n) is 2.46. The molecule has 0 saturated carbocycles. The molecular formula is C13H11ClN2O2. The molecule has 0 bridgehead atoms. The summed E-state index contributed by atoms with van der Waals surface area (Å²) >= 11 is 5.77. The van der Waals surface area contributed by atoms with Gasteiger partial charge in [-0.15, -0.1) is 0 Å². The second-order valence-electron chi connectivity index (χ2n) is 3.72. The highest BCUT2D eigenvalue weighted by molar-refractivity contribution is 6.30. The first-order valence-corrected chi connectivity index (χ1v) is 5.74. The molecule has 1 aromatic heterocycles. The summed E-state index contributed by atoms with van der Waals surface area (Å²) in [4.78, 5) is 28.3. The summed E-state index contributed by atoms with van der Waals surface area (Å²) in [5, 5.41) is 1.09. The third-order valence-corrected chi connectivity index (χ3v) is 2.71. The van der Waals surface area contributed by atoms with Crippen molar-refractivity contribution in [2.24, 2.45) is 0 Å². The topological polar surface area (TPSA) is 65.7 Å². The van der Waals surface area contributed by atoms with Crippen LogP contribution in [0, 0.1) is 0 Å². The molecule has 0 unspecified atom stereocenters. The molecule has 0 aliphatic carbocycles. The highest BCUT2D eigenvalue weighted by Gasteiger charge is 1.95. The van der Waals surface area contributed by atoms with E-state index in [-0.39, 0.29) is 21.8 Å². The molecule has 2 rings (SSSR count). The molecule has 18 heavy (non-hydrogen) atoms. The standard InChI is InChI=1S/C13H11ClN2O2/c1-2-10-12(17)16-11(13(18)15-10)7-8-3-5-9(14)6-4-8/h2-7H,1H3,(H,15,18)(H,16,17)/b10-2-,11-7-. The molecule has 2 N–H and O–H groups in total. The molecule has 0 fully saturated rings. The Morgan fingerprint density at radius 3 is 2.17 bits per heavy atom. The largest absolute Gasteiger partial charge is 0.316 e. The average Bonchev–Trinajstić information content (AvgIpc) is 2.36. The van der Waals surface area contributed by atoms with Crippen molar-refractivity contribution in [3.63, 3.8) is 0 Å². The van der Waals surface area contributed by atoms with Crippen LogP contribution in [-0.2, 0) is 0 Å². The number of aromatic nitrogens is 2. The first-order valence-electron chi connectivity index (χ1n) is 5.36. The van der Waals surface area contributed by atoms with Crippen molar-refractivity contribution in [3.8, 4) is 0 Å². The zero-order chi connectivity index (χ0) is 13.1. The maximum Gasteiger partial charge on any atom is 0.272 e. The van der Waals surface area contributed by atoms with E-state index >= 15 is 0 Å². The Kier molecular flexibility index (Phi) is 3.48. The van der Waals surface area contributed by atoms with Gasteiger partial charge in [0.1, 0.15) is 10.7 Å². The minimum atomic E-state index is -0.336. The summed E-state index contributed by atoms with van der Waals surface area (Å²) in [7, 11) is 0. The molecule has 0 radical (unpaired) electrons. The fourth-order valence-corrected chi connectivity index (χ4v) is 1.65. The van der Waals surface area contributed by atoms with E-state index in [9.17, 15) is 9.59 Å². The van der Waals surface area contributed by atoms with E-state index in [0.717, 1.165) is 5.56 Å². The number of benzene rings is 1. The second kappa shape index (κ2) is 5.06.